The number of piperidine rings is 1. The lowest BCUT2D eigenvalue weighted by molar-refractivity contribution is -0.384. The number of hydrogen-bond donors (Lipinski definition) is 2. The van der Waals surface area contributed by atoms with Gasteiger partial charge in [-0.15, -0.1) is 0 Å². The maximum Gasteiger partial charge on any atom is 0.408 e. The molecule has 1 saturated heterocycles. The molecule has 2 heterocycles. The molecule has 182 valence electrons. The van der Waals surface area contributed by atoms with E-state index in [2.05, 4.69) is 10.3 Å². The zero-order chi connectivity index (χ0) is 24.7. The molecular formula is C22H32N4O7. The number of anilines is 1. The van der Waals surface area contributed by atoms with E-state index in [9.17, 15) is 24.8 Å². The molecule has 0 radical (unpaired) electrons. The molecule has 2 N–H and O–H groups in total. The van der Waals surface area contributed by atoms with Gasteiger partial charge in [0.1, 0.15) is 23.6 Å². The van der Waals surface area contributed by atoms with Crippen LogP contribution in [-0.2, 0) is 20.7 Å². The molecule has 1 fully saturated rings. The molecule has 33 heavy (non-hydrogen) atoms. The van der Waals surface area contributed by atoms with E-state index >= 15 is 0 Å². The summed E-state index contributed by atoms with van der Waals surface area (Å²) in [6.45, 7) is 10.5. The first-order chi connectivity index (χ1) is 15.2. The maximum atomic E-state index is 12.4. The molecule has 0 bridgehead atoms. The second-order valence-electron chi connectivity index (χ2n) is 9.98. The number of carbonyl (C=O) groups excluding carboxylic acids is 2. The summed E-state index contributed by atoms with van der Waals surface area (Å²) in [4.78, 5) is 41.3. The Hall–Kier alpha value is -2.95. The van der Waals surface area contributed by atoms with Crippen molar-refractivity contribution >= 4 is 23.4 Å². The summed E-state index contributed by atoms with van der Waals surface area (Å²) in [5.41, 5.74) is -0.599. The Balaban J connectivity index is 1.98. The summed E-state index contributed by atoms with van der Waals surface area (Å²) in [7, 11) is 0. The van der Waals surface area contributed by atoms with Crippen LogP contribution in [0.2, 0.25) is 0 Å². The number of pyridine rings is 1. The fourth-order valence-corrected chi connectivity index (χ4v) is 4.45. The molecule has 0 spiro atoms. The lowest BCUT2D eigenvalue weighted by Crippen LogP contribution is -2.65. The van der Waals surface area contributed by atoms with Gasteiger partial charge in [-0.1, -0.05) is 6.92 Å². The summed E-state index contributed by atoms with van der Waals surface area (Å²) in [5.74, 6) is -0.779. The van der Waals surface area contributed by atoms with Crippen LogP contribution in [0.15, 0.2) is 6.20 Å². The Morgan fingerprint density at radius 3 is 2.61 bits per heavy atom. The zero-order valence-electron chi connectivity index (χ0n) is 19.9. The molecule has 2 aliphatic rings. The van der Waals surface area contributed by atoms with E-state index in [4.69, 9.17) is 9.47 Å². The lowest BCUT2D eigenvalue weighted by atomic mass is 9.79. The second kappa shape index (κ2) is 8.77. The number of alkyl carbamates (subject to hydrolysis) is 1. The Labute approximate surface area is 192 Å². The van der Waals surface area contributed by atoms with E-state index in [0.717, 1.165) is 0 Å². The molecule has 1 aliphatic heterocycles. The van der Waals surface area contributed by atoms with Gasteiger partial charge in [-0.25, -0.2) is 9.78 Å². The van der Waals surface area contributed by atoms with Gasteiger partial charge in [0.25, 0.3) is 0 Å². The van der Waals surface area contributed by atoms with Gasteiger partial charge in [0, 0.05) is 31.5 Å². The Morgan fingerprint density at radius 1 is 1.36 bits per heavy atom. The summed E-state index contributed by atoms with van der Waals surface area (Å²) < 4.78 is 10.7. The quantitative estimate of drug-likeness (QED) is 0.390. The third-order valence-electron chi connectivity index (χ3n) is 6.24. The highest BCUT2D eigenvalue weighted by Gasteiger charge is 2.46. The van der Waals surface area contributed by atoms with E-state index in [1.165, 1.54) is 13.1 Å². The van der Waals surface area contributed by atoms with E-state index < -0.39 is 40.3 Å². The molecule has 1 aromatic rings. The van der Waals surface area contributed by atoms with E-state index in [-0.39, 0.29) is 18.2 Å². The largest absolute Gasteiger partial charge is 0.456 e. The average molecular weight is 465 g/mol. The Kier molecular flexibility index (Phi) is 6.56. The lowest BCUT2D eigenvalue weighted by Gasteiger charge is -2.48. The van der Waals surface area contributed by atoms with Crippen molar-refractivity contribution in [3.63, 3.8) is 0 Å². The van der Waals surface area contributed by atoms with Crippen molar-refractivity contribution in [2.45, 2.75) is 77.7 Å². The standard InChI is InChI=1S/C22H32N4O7/c1-12-10-25(11-17(22(12,6)29)24-20(28)33-21(3,4)5)19-14-7-8-16(32-13(2)27)18(14)23-9-15(19)26(30)31/h9,12,16-17,29H,7-8,10-11H2,1-6H3,(H,24,28)/t12-,16?,17+,22?/m0/s1. The van der Waals surface area contributed by atoms with Crippen molar-refractivity contribution in [2.75, 3.05) is 18.0 Å². The van der Waals surface area contributed by atoms with Crippen molar-refractivity contribution in [3.05, 3.63) is 27.6 Å². The van der Waals surface area contributed by atoms with Gasteiger partial charge in [-0.05, 0) is 40.5 Å². The van der Waals surface area contributed by atoms with Crippen LogP contribution in [0, 0.1) is 16.0 Å². The second-order valence-corrected chi connectivity index (χ2v) is 9.98. The maximum absolute atomic E-state index is 12.4. The average Bonchev–Trinajstić information content (AvgIpc) is 3.05. The number of esters is 1. The molecule has 4 atom stereocenters. The predicted octanol–water partition coefficient (Wildman–Crippen LogP) is 2.64. The van der Waals surface area contributed by atoms with Gasteiger partial charge in [0.15, 0.2) is 0 Å². The van der Waals surface area contributed by atoms with Gasteiger partial charge in [0.2, 0.25) is 0 Å². The smallest absolute Gasteiger partial charge is 0.408 e. The third-order valence-corrected chi connectivity index (χ3v) is 6.24. The topological polar surface area (TPSA) is 144 Å². The van der Waals surface area contributed by atoms with E-state index in [1.807, 2.05) is 6.92 Å². The van der Waals surface area contributed by atoms with Gasteiger partial charge < -0.3 is 24.8 Å². The highest BCUT2D eigenvalue weighted by Crippen LogP contribution is 2.44. The number of carbonyl (C=O) groups is 2. The van der Waals surface area contributed by atoms with Crippen LogP contribution >= 0.6 is 0 Å². The molecule has 11 nitrogen and oxygen atoms in total. The van der Waals surface area contributed by atoms with Crippen LogP contribution in [0.25, 0.3) is 0 Å². The molecule has 3 rings (SSSR count). The van der Waals surface area contributed by atoms with Crippen molar-refractivity contribution in [2.24, 2.45) is 5.92 Å². The minimum Gasteiger partial charge on any atom is -0.456 e. The third kappa shape index (κ3) is 5.18. The predicted molar refractivity (Wildman–Crippen MR) is 119 cm³/mol. The first-order valence-electron chi connectivity index (χ1n) is 11.0. The highest BCUT2D eigenvalue weighted by atomic mass is 16.6. The molecule has 2 unspecified atom stereocenters. The van der Waals surface area contributed by atoms with Crippen molar-refractivity contribution < 1.29 is 29.1 Å². The highest BCUT2D eigenvalue weighted by molar-refractivity contribution is 5.72. The van der Waals surface area contributed by atoms with Crippen molar-refractivity contribution in [1.29, 1.82) is 0 Å². The Bertz CT molecular complexity index is 957. The van der Waals surface area contributed by atoms with Crippen LogP contribution < -0.4 is 10.2 Å². The molecule has 11 heteroatoms. The summed E-state index contributed by atoms with van der Waals surface area (Å²) in [5, 5.41) is 25.7. The minimum atomic E-state index is -1.27. The number of nitrogens with zero attached hydrogens (tertiary/aromatic N) is 3. The fourth-order valence-electron chi connectivity index (χ4n) is 4.45. The molecular weight excluding hydrogens is 432 g/mol. The zero-order valence-corrected chi connectivity index (χ0v) is 19.9. The first-order valence-corrected chi connectivity index (χ1v) is 11.0. The normalized spacial score (nSPS) is 27.0. The Morgan fingerprint density at radius 2 is 2.03 bits per heavy atom. The van der Waals surface area contributed by atoms with Crippen LogP contribution in [0.5, 0.6) is 0 Å². The summed E-state index contributed by atoms with van der Waals surface area (Å²) in [6.07, 6.45) is 0.896. The number of aliphatic hydroxyl groups is 1. The summed E-state index contributed by atoms with van der Waals surface area (Å²) >= 11 is 0. The molecule has 0 aromatic carbocycles. The number of aromatic nitrogens is 1. The van der Waals surface area contributed by atoms with Crippen LogP contribution in [0.4, 0.5) is 16.2 Å². The molecule has 1 aromatic heterocycles. The number of rotatable bonds is 4. The van der Waals surface area contributed by atoms with Crippen LogP contribution in [-0.4, -0.2) is 57.4 Å². The van der Waals surface area contributed by atoms with Gasteiger partial charge in [-0.2, -0.15) is 0 Å². The molecule has 0 saturated carbocycles. The number of fused-ring (bicyclic) bond motifs is 1. The van der Waals surface area contributed by atoms with Crippen molar-refractivity contribution in [1.82, 2.24) is 10.3 Å². The monoisotopic (exact) mass is 464 g/mol. The van der Waals surface area contributed by atoms with Crippen molar-refractivity contribution in [3.8, 4) is 0 Å². The van der Waals surface area contributed by atoms with E-state index in [1.54, 1.807) is 32.6 Å². The van der Waals surface area contributed by atoms with E-state index in [0.29, 0.717) is 36.3 Å². The van der Waals surface area contributed by atoms with Crippen LogP contribution in [0.1, 0.15) is 65.3 Å². The number of nitro groups is 1. The molecule has 1 aliphatic carbocycles. The first kappa shape index (κ1) is 24.7. The number of ether oxygens (including phenoxy) is 2. The molecule has 1 amide bonds. The SMILES string of the molecule is CC(=O)OC1CCc2c1ncc([N+](=O)[O-])c2N1C[C@H](C)C(C)(O)[C@H](NC(=O)OC(C)(C)C)C1. The van der Waals surface area contributed by atoms with Gasteiger partial charge in [-0.3, -0.25) is 14.9 Å². The fraction of sp³-hybridized carbons (Fsp3) is 0.682. The van der Waals surface area contributed by atoms with Gasteiger partial charge in [0.05, 0.1) is 22.3 Å². The van der Waals surface area contributed by atoms with Gasteiger partial charge >= 0.3 is 17.7 Å². The number of nitrogens with one attached hydrogen (secondary N) is 1. The number of hydrogen-bond acceptors (Lipinski definition) is 9. The van der Waals surface area contributed by atoms with Crippen LogP contribution in [0.3, 0.4) is 0 Å². The summed E-state index contributed by atoms with van der Waals surface area (Å²) in [6, 6.07) is -0.745. The minimum absolute atomic E-state index is 0.131. The number of amides is 1.